The molecule has 3 rings (SSSR count). The maximum atomic E-state index is 5.86. The molecule has 0 radical (unpaired) electrons. The van der Waals surface area contributed by atoms with Gasteiger partial charge in [0.25, 0.3) is 0 Å². The molecule has 2 N–H and O–H groups in total. The first-order chi connectivity index (χ1) is 9.22. The molecule has 96 valence electrons. The van der Waals surface area contributed by atoms with Crippen LogP contribution in [0, 0.1) is 6.92 Å². The highest BCUT2D eigenvalue weighted by Crippen LogP contribution is 2.19. The van der Waals surface area contributed by atoms with Crippen molar-refractivity contribution in [3.8, 4) is 0 Å². The lowest BCUT2D eigenvalue weighted by atomic mass is 10.2. The minimum Gasteiger partial charge on any atom is -0.362 e. The van der Waals surface area contributed by atoms with Crippen LogP contribution in [-0.4, -0.2) is 24.9 Å². The summed E-state index contributed by atoms with van der Waals surface area (Å²) < 4.78 is 0. The lowest BCUT2D eigenvalue weighted by Gasteiger charge is -2.06. The number of nitrogens with zero attached hydrogens (tertiary/aromatic N) is 4. The number of anilines is 1. The van der Waals surface area contributed by atoms with E-state index in [1.807, 2.05) is 19.1 Å². The molecule has 0 aliphatic carbocycles. The van der Waals surface area contributed by atoms with Crippen LogP contribution in [0.5, 0.6) is 0 Å². The third kappa shape index (κ3) is 2.48. The quantitative estimate of drug-likeness (QED) is 0.717. The Balaban J connectivity index is 1.87. The van der Waals surface area contributed by atoms with Crippen molar-refractivity contribution in [3.63, 3.8) is 0 Å². The summed E-state index contributed by atoms with van der Waals surface area (Å²) in [6.45, 7) is 2.59. The highest BCUT2D eigenvalue weighted by molar-refractivity contribution is 6.28. The summed E-state index contributed by atoms with van der Waals surface area (Å²) in [5.74, 6) is 0.621. The molecule has 0 bridgehead atoms. The van der Waals surface area contributed by atoms with Crippen LogP contribution in [0.1, 0.15) is 11.3 Å². The Morgan fingerprint density at radius 1 is 1.32 bits per heavy atom. The summed E-state index contributed by atoms with van der Waals surface area (Å²) >= 11 is 5.86. The Kier molecular flexibility index (Phi) is 3.00. The molecule has 0 saturated carbocycles. The molecule has 3 aromatic rings. The number of hydrogen-bond acceptors (Lipinski definition) is 5. The summed E-state index contributed by atoms with van der Waals surface area (Å²) in [4.78, 5) is 19.5. The number of pyridine rings is 1. The smallest absolute Gasteiger partial charge is 0.226 e. The highest BCUT2D eigenvalue weighted by Gasteiger charge is 2.08. The first-order valence-corrected chi connectivity index (χ1v) is 6.12. The van der Waals surface area contributed by atoms with E-state index in [0.29, 0.717) is 18.0 Å². The average Bonchev–Trinajstić information content (AvgIpc) is 2.84. The number of aryl methyl sites for hydroxylation is 1. The molecule has 0 aliphatic heterocycles. The van der Waals surface area contributed by atoms with E-state index < -0.39 is 0 Å². The first-order valence-electron chi connectivity index (χ1n) is 5.74. The predicted octanol–water partition coefficient (Wildman–Crippen LogP) is 2.32. The molecule has 0 spiro atoms. The van der Waals surface area contributed by atoms with Crippen LogP contribution < -0.4 is 5.32 Å². The molecular weight excluding hydrogens is 264 g/mol. The first kappa shape index (κ1) is 11.9. The van der Waals surface area contributed by atoms with Crippen LogP contribution in [0.4, 0.5) is 5.82 Å². The van der Waals surface area contributed by atoms with Gasteiger partial charge in [0, 0.05) is 6.20 Å². The summed E-state index contributed by atoms with van der Waals surface area (Å²) in [7, 11) is 0. The lowest BCUT2D eigenvalue weighted by molar-refractivity contribution is 1.02. The molecule has 0 fully saturated rings. The van der Waals surface area contributed by atoms with Crippen molar-refractivity contribution in [3.05, 3.63) is 41.2 Å². The van der Waals surface area contributed by atoms with Crippen LogP contribution in [-0.2, 0) is 6.54 Å². The van der Waals surface area contributed by atoms with Gasteiger partial charge in [0.2, 0.25) is 5.28 Å². The second-order valence-electron chi connectivity index (χ2n) is 4.12. The third-order valence-electron chi connectivity index (χ3n) is 2.67. The zero-order valence-electron chi connectivity index (χ0n) is 10.2. The molecule has 0 unspecified atom stereocenters. The topological polar surface area (TPSA) is 79.4 Å². The van der Waals surface area contributed by atoms with E-state index >= 15 is 0 Å². The van der Waals surface area contributed by atoms with Crippen molar-refractivity contribution < 1.29 is 0 Å². The van der Waals surface area contributed by atoms with Gasteiger partial charge >= 0.3 is 0 Å². The monoisotopic (exact) mass is 274 g/mol. The Labute approximate surface area is 114 Å². The highest BCUT2D eigenvalue weighted by atomic mass is 35.5. The zero-order valence-corrected chi connectivity index (χ0v) is 10.9. The molecule has 6 nitrogen and oxygen atoms in total. The standard InChI is InChI=1S/C12H11ClN6/c1-7-2-3-14-8(4-7)5-15-10-9-11(17-6-16-9)19-12(13)18-10/h2-4,6H,5H2,1H3,(H2,15,16,17,18,19). The zero-order chi connectivity index (χ0) is 13.2. The number of imidazole rings is 1. The summed E-state index contributed by atoms with van der Waals surface area (Å²) in [6.07, 6.45) is 3.34. The van der Waals surface area contributed by atoms with E-state index in [2.05, 4.69) is 30.2 Å². The van der Waals surface area contributed by atoms with E-state index in [0.717, 1.165) is 11.2 Å². The van der Waals surface area contributed by atoms with Gasteiger partial charge in [-0.15, -0.1) is 0 Å². The molecule has 19 heavy (non-hydrogen) atoms. The van der Waals surface area contributed by atoms with Gasteiger partial charge < -0.3 is 10.3 Å². The van der Waals surface area contributed by atoms with Crippen molar-refractivity contribution in [2.24, 2.45) is 0 Å². The predicted molar refractivity (Wildman–Crippen MR) is 73.0 cm³/mol. The van der Waals surface area contributed by atoms with Crippen LogP contribution in [0.2, 0.25) is 5.28 Å². The maximum Gasteiger partial charge on any atom is 0.226 e. The van der Waals surface area contributed by atoms with E-state index in [1.165, 1.54) is 5.56 Å². The largest absolute Gasteiger partial charge is 0.362 e. The van der Waals surface area contributed by atoms with Crippen molar-refractivity contribution in [2.75, 3.05) is 5.32 Å². The van der Waals surface area contributed by atoms with Crippen molar-refractivity contribution in [1.29, 1.82) is 0 Å². The second kappa shape index (κ2) is 4.81. The molecule has 0 aromatic carbocycles. The van der Waals surface area contributed by atoms with Gasteiger partial charge in [-0.05, 0) is 36.2 Å². The Hall–Kier alpha value is -2.21. The Morgan fingerprint density at radius 2 is 2.21 bits per heavy atom. The molecular formula is C12H11ClN6. The van der Waals surface area contributed by atoms with Crippen LogP contribution in [0.3, 0.4) is 0 Å². The fraction of sp³-hybridized carbons (Fsp3) is 0.167. The number of hydrogen-bond donors (Lipinski definition) is 2. The summed E-state index contributed by atoms with van der Waals surface area (Å²) in [5.41, 5.74) is 3.37. The number of H-pyrrole nitrogens is 1. The van der Waals surface area contributed by atoms with Crippen LogP contribution >= 0.6 is 11.6 Å². The molecule has 0 amide bonds. The maximum absolute atomic E-state index is 5.86. The fourth-order valence-corrected chi connectivity index (χ4v) is 1.97. The SMILES string of the molecule is Cc1ccnc(CNc2nc(Cl)nc3nc[nH]c23)c1. The van der Waals surface area contributed by atoms with Gasteiger partial charge in [0.15, 0.2) is 11.5 Å². The van der Waals surface area contributed by atoms with Crippen molar-refractivity contribution in [2.45, 2.75) is 13.5 Å². The number of nitrogens with one attached hydrogen (secondary N) is 2. The van der Waals surface area contributed by atoms with Crippen LogP contribution in [0.15, 0.2) is 24.7 Å². The summed E-state index contributed by atoms with van der Waals surface area (Å²) in [5, 5.41) is 3.35. The number of rotatable bonds is 3. The van der Waals surface area contributed by atoms with Crippen molar-refractivity contribution >= 4 is 28.6 Å². The lowest BCUT2D eigenvalue weighted by Crippen LogP contribution is -2.04. The molecule has 3 heterocycles. The number of halogens is 1. The van der Waals surface area contributed by atoms with Gasteiger partial charge in [-0.1, -0.05) is 0 Å². The van der Waals surface area contributed by atoms with Gasteiger partial charge in [-0.2, -0.15) is 9.97 Å². The Bertz CT molecular complexity index is 723. The number of aromatic nitrogens is 5. The van der Waals surface area contributed by atoms with Gasteiger partial charge in [-0.25, -0.2) is 4.98 Å². The number of fused-ring (bicyclic) bond motifs is 1. The molecule has 7 heteroatoms. The second-order valence-corrected chi connectivity index (χ2v) is 4.46. The molecule has 0 saturated heterocycles. The minimum atomic E-state index is 0.166. The minimum absolute atomic E-state index is 0.166. The van der Waals surface area contributed by atoms with Gasteiger partial charge in [0.1, 0.15) is 5.52 Å². The fourth-order valence-electron chi connectivity index (χ4n) is 1.80. The third-order valence-corrected chi connectivity index (χ3v) is 2.84. The van der Waals surface area contributed by atoms with Crippen molar-refractivity contribution in [1.82, 2.24) is 24.9 Å². The van der Waals surface area contributed by atoms with E-state index in [4.69, 9.17) is 11.6 Å². The Morgan fingerprint density at radius 3 is 3.05 bits per heavy atom. The van der Waals surface area contributed by atoms with E-state index in [9.17, 15) is 0 Å². The molecule has 0 aliphatic rings. The molecule has 0 atom stereocenters. The van der Waals surface area contributed by atoms with Gasteiger partial charge in [0.05, 0.1) is 18.6 Å². The van der Waals surface area contributed by atoms with E-state index in [1.54, 1.807) is 12.5 Å². The molecule has 3 aromatic heterocycles. The normalized spacial score (nSPS) is 10.8. The van der Waals surface area contributed by atoms with Crippen LogP contribution in [0.25, 0.3) is 11.2 Å². The van der Waals surface area contributed by atoms with E-state index in [-0.39, 0.29) is 5.28 Å². The summed E-state index contributed by atoms with van der Waals surface area (Å²) in [6, 6.07) is 3.97. The van der Waals surface area contributed by atoms with Gasteiger partial charge in [-0.3, -0.25) is 4.98 Å². The average molecular weight is 275 g/mol. The number of aromatic amines is 1.